The van der Waals surface area contributed by atoms with Gasteiger partial charge in [0.05, 0.1) is 6.20 Å². The van der Waals surface area contributed by atoms with E-state index in [1.54, 1.807) is 18.3 Å². The number of benzene rings is 2. The lowest BCUT2D eigenvalue weighted by Crippen LogP contribution is -1.94. The normalized spacial score (nSPS) is 10.2. The largest absolute Gasteiger partial charge is 0.489 e. The van der Waals surface area contributed by atoms with Crippen molar-refractivity contribution in [1.29, 1.82) is 0 Å². The van der Waals surface area contributed by atoms with Crippen LogP contribution in [0, 0.1) is 0 Å². The molecule has 2 aromatic carbocycles. The highest BCUT2D eigenvalue weighted by Gasteiger charge is 2.00. The monoisotopic (exact) mass is 311 g/mol. The molecule has 22 heavy (non-hydrogen) atoms. The molecule has 0 atom stereocenters. The Balaban J connectivity index is 1.59. The van der Waals surface area contributed by atoms with Gasteiger partial charge in [0.15, 0.2) is 0 Å². The van der Waals surface area contributed by atoms with Crippen LogP contribution in [-0.4, -0.2) is 4.98 Å². The molecule has 1 aromatic heterocycles. The highest BCUT2D eigenvalue weighted by atomic mass is 35.5. The minimum atomic E-state index is 0.442. The second-order valence-electron chi connectivity index (χ2n) is 4.66. The Hall–Kier alpha value is -2.52. The first kappa shape index (κ1) is 14.4. The van der Waals surface area contributed by atoms with E-state index >= 15 is 0 Å². The lowest BCUT2D eigenvalue weighted by Gasteiger charge is -2.08. The summed E-state index contributed by atoms with van der Waals surface area (Å²) < 4.78 is 11.4. The summed E-state index contributed by atoms with van der Waals surface area (Å²) in [5.41, 5.74) is 1.13. The molecule has 0 fully saturated rings. The van der Waals surface area contributed by atoms with Crippen molar-refractivity contribution >= 4 is 11.6 Å². The van der Waals surface area contributed by atoms with Gasteiger partial charge < -0.3 is 9.47 Å². The quantitative estimate of drug-likeness (QED) is 0.614. The van der Waals surface area contributed by atoms with Crippen molar-refractivity contribution in [3.05, 3.63) is 83.6 Å². The molecule has 0 amide bonds. The molecule has 3 nitrogen and oxygen atoms in total. The Morgan fingerprint density at radius 2 is 1.45 bits per heavy atom. The van der Waals surface area contributed by atoms with Crippen LogP contribution in [0.1, 0.15) is 5.56 Å². The Kier molecular flexibility index (Phi) is 4.56. The van der Waals surface area contributed by atoms with Crippen LogP contribution >= 0.6 is 11.6 Å². The molecule has 3 rings (SSSR count). The van der Waals surface area contributed by atoms with Crippen molar-refractivity contribution in [2.45, 2.75) is 6.61 Å². The molecule has 0 aliphatic heterocycles. The fourth-order valence-electron chi connectivity index (χ4n) is 1.90. The molecular weight excluding hydrogens is 298 g/mol. The van der Waals surface area contributed by atoms with Crippen molar-refractivity contribution in [3.8, 4) is 17.2 Å². The number of hydrogen-bond donors (Lipinski definition) is 0. The van der Waals surface area contributed by atoms with Crippen molar-refractivity contribution in [2.24, 2.45) is 0 Å². The molecule has 1 heterocycles. The Morgan fingerprint density at radius 1 is 0.773 bits per heavy atom. The molecule has 0 aliphatic carbocycles. The zero-order valence-electron chi connectivity index (χ0n) is 11.8. The molecule has 0 saturated heterocycles. The van der Waals surface area contributed by atoms with Gasteiger partial charge in [0.2, 0.25) is 0 Å². The van der Waals surface area contributed by atoms with Gasteiger partial charge >= 0.3 is 0 Å². The van der Waals surface area contributed by atoms with Gasteiger partial charge in [-0.1, -0.05) is 41.9 Å². The summed E-state index contributed by atoms with van der Waals surface area (Å²) in [5.74, 6) is 2.16. The lowest BCUT2D eigenvalue weighted by atomic mass is 10.2. The predicted molar refractivity (Wildman–Crippen MR) is 86.5 cm³/mol. The minimum absolute atomic E-state index is 0.442. The Bertz CT molecular complexity index is 712. The second kappa shape index (κ2) is 6.96. The van der Waals surface area contributed by atoms with Crippen LogP contribution in [0.15, 0.2) is 72.9 Å². The van der Waals surface area contributed by atoms with Crippen molar-refractivity contribution in [3.63, 3.8) is 0 Å². The molecule has 0 radical (unpaired) electrons. The summed E-state index contributed by atoms with van der Waals surface area (Å²) in [5, 5.41) is 0.442. The zero-order chi connectivity index (χ0) is 15.2. The molecule has 0 saturated carbocycles. The predicted octanol–water partition coefficient (Wildman–Crippen LogP) is 5.11. The average molecular weight is 312 g/mol. The van der Waals surface area contributed by atoms with Gasteiger partial charge in [0.25, 0.3) is 0 Å². The minimum Gasteiger partial charge on any atom is -0.489 e. The summed E-state index contributed by atoms with van der Waals surface area (Å²) in [6, 6.07) is 21.0. The van der Waals surface area contributed by atoms with E-state index in [9.17, 15) is 0 Å². The fraction of sp³-hybridized carbons (Fsp3) is 0.0556. The summed E-state index contributed by atoms with van der Waals surface area (Å²) >= 11 is 5.74. The summed E-state index contributed by atoms with van der Waals surface area (Å²) in [4.78, 5) is 3.97. The fourth-order valence-corrected chi connectivity index (χ4v) is 2.02. The molecule has 3 aromatic rings. The van der Waals surface area contributed by atoms with Gasteiger partial charge in [-0.3, -0.25) is 0 Å². The van der Waals surface area contributed by atoms with E-state index in [1.807, 2.05) is 54.6 Å². The molecule has 110 valence electrons. The van der Waals surface area contributed by atoms with Crippen LogP contribution < -0.4 is 9.47 Å². The first-order valence-corrected chi connectivity index (χ1v) is 7.23. The SMILES string of the molecule is Clc1ccc(Oc2ccc(OCc3ccccc3)cc2)cn1. The van der Waals surface area contributed by atoms with Gasteiger partial charge in [0.1, 0.15) is 29.0 Å². The van der Waals surface area contributed by atoms with Crippen LogP contribution in [0.25, 0.3) is 0 Å². The van der Waals surface area contributed by atoms with Crippen molar-refractivity contribution < 1.29 is 9.47 Å². The molecular formula is C18H14ClNO2. The van der Waals surface area contributed by atoms with Crippen molar-refractivity contribution in [1.82, 2.24) is 4.98 Å². The maximum absolute atomic E-state index is 5.74. The van der Waals surface area contributed by atoms with Crippen LogP contribution in [0.2, 0.25) is 5.15 Å². The third-order valence-electron chi connectivity index (χ3n) is 3.01. The molecule has 0 bridgehead atoms. The maximum Gasteiger partial charge on any atom is 0.145 e. The van der Waals surface area contributed by atoms with E-state index in [2.05, 4.69) is 4.98 Å². The number of aromatic nitrogens is 1. The third-order valence-corrected chi connectivity index (χ3v) is 3.23. The van der Waals surface area contributed by atoms with Gasteiger partial charge in [-0.05, 0) is 42.0 Å². The lowest BCUT2D eigenvalue weighted by molar-refractivity contribution is 0.306. The summed E-state index contributed by atoms with van der Waals surface area (Å²) in [6.07, 6.45) is 1.59. The van der Waals surface area contributed by atoms with Crippen molar-refractivity contribution in [2.75, 3.05) is 0 Å². The molecule has 0 spiro atoms. The Labute approximate surface area is 134 Å². The van der Waals surface area contributed by atoms with Gasteiger partial charge in [-0.25, -0.2) is 4.98 Å². The van der Waals surface area contributed by atoms with E-state index in [0.717, 1.165) is 17.1 Å². The number of rotatable bonds is 5. The average Bonchev–Trinajstić information content (AvgIpc) is 2.57. The zero-order valence-corrected chi connectivity index (χ0v) is 12.5. The molecule has 0 unspecified atom stereocenters. The number of pyridine rings is 1. The topological polar surface area (TPSA) is 31.4 Å². The number of halogens is 1. The third kappa shape index (κ3) is 3.99. The van der Waals surface area contributed by atoms with Gasteiger partial charge in [0, 0.05) is 0 Å². The maximum atomic E-state index is 5.74. The van der Waals surface area contributed by atoms with E-state index in [1.165, 1.54) is 0 Å². The highest BCUT2D eigenvalue weighted by Crippen LogP contribution is 2.24. The Morgan fingerprint density at radius 3 is 2.14 bits per heavy atom. The van der Waals surface area contributed by atoms with Gasteiger partial charge in [-0.2, -0.15) is 0 Å². The van der Waals surface area contributed by atoms with Crippen LogP contribution in [0.3, 0.4) is 0 Å². The summed E-state index contributed by atoms with van der Waals surface area (Å²) in [7, 11) is 0. The highest BCUT2D eigenvalue weighted by molar-refractivity contribution is 6.29. The molecule has 0 N–H and O–H groups in total. The number of nitrogens with zero attached hydrogens (tertiary/aromatic N) is 1. The van der Waals surface area contributed by atoms with E-state index in [4.69, 9.17) is 21.1 Å². The number of hydrogen-bond acceptors (Lipinski definition) is 3. The van der Waals surface area contributed by atoms with Gasteiger partial charge in [-0.15, -0.1) is 0 Å². The standard InChI is InChI=1S/C18H14ClNO2/c19-18-11-10-17(12-20-18)22-16-8-6-15(7-9-16)21-13-14-4-2-1-3-5-14/h1-12H,13H2. The first-order valence-electron chi connectivity index (χ1n) is 6.86. The number of ether oxygens (including phenoxy) is 2. The van der Waals surface area contributed by atoms with Crippen LogP contribution in [0.4, 0.5) is 0 Å². The first-order chi connectivity index (χ1) is 10.8. The molecule has 4 heteroatoms. The smallest absolute Gasteiger partial charge is 0.145 e. The van der Waals surface area contributed by atoms with E-state index < -0.39 is 0 Å². The van der Waals surface area contributed by atoms with Crippen LogP contribution in [0.5, 0.6) is 17.2 Å². The second-order valence-corrected chi connectivity index (χ2v) is 5.05. The van der Waals surface area contributed by atoms with E-state index in [0.29, 0.717) is 17.5 Å². The van der Waals surface area contributed by atoms with Crippen LogP contribution in [-0.2, 0) is 6.61 Å². The summed E-state index contributed by atoms with van der Waals surface area (Å²) in [6.45, 7) is 0.544. The van der Waals surface area contributed by atoms with E-state index in [-0.39, 0.29) is 0 Å². The molecule has 0 aliphatic rings.